The molecule has 5 nitrogen and oxygen atoms in total. The van der Waals surface area contributed by atoms with Crippen LogP contribution in [0.25, 0.3) is 5.65 Å². The smallest absolute Gasteiger partial charge is 0.137 e. The van der Waals surface area contributed by atoms with Crippen molar-refractivity contribution in [1.82, 2.24) is 23.8 Å². The van der Waals surface area contributed by atoms with E-state index in [1.54, 1.807) is 0 Å². The van der Waals surface area contributed by atoms with Gasteiger partial charge in [0.1, 0.15) is 11.5 Å². The molecule has 1 aliphatic rings. The fourth-order valence-electron chi connectivity index (χ4n) is 3.79. The van der Waals surface area contributed by atoms with Crippen molar-refractivity contribution < 1.29 is 0 Å². The molecular weight excluding hydrogens is 298 g/mol. The fourth-order valence-corrected chi connectivity index (χ4v) is 3.79. The SMILES string of the molecule is Cc1ccn2c(CN3CCC[C@H](Cc4nccn4C)C3)cnc2c1. The average Bonchev–Trinajstić information content (AvgIpc) is 3.14. The van der Waals surface area contributed by atoms with Crippen molar-refractivity contribution >= 4 is 5.65 Å². The van der Waals surface area contributed by atoms with Gasteiger partial charge in [-0.2, -0.15) is 0 Å². The highest BCUT2D eigenvalue weighted by molar-refractivity contribution is 5.42. The Labute approximate surface area is 143 Å². The number of rotatable bonds is 4. The number of hydrogen-bond acceptors (Lipinski definition) is 3. The van der Waals surface area contributed by atoms with E-state index in [0.717, 1.165) is 25.2 Å². The summed E-state index contributed by atoms with van der Waals surface area (Å²) in [7, 11) is 2.09. The molecule has 0 saturated carbocycles. The Morgan fingerprint density at radius 3 is 3.00 bits per heavy atom. The third kappa shape index (κ3) is 3.08. The Morgan fingerprint density at radius 2 is 2.17 bits per heavy atom. The van der Waals surface area contributed by atoms with Crippen LogP contribution < -0.4 is 0 Å². The van der Waals surface area contributed by atoms with Gasteiger partial charge in [0.15, 0.2) is 0 Å². The van der Waals surface area contributed by atoms with Gasteiger partial charge in [-0.25, -0.2) is 9.97 Å². The van der Waals surface area contributed by atoms with Crippen molar-refractivity contribution in [3.63, 3.8) is 0 Å². The van der Waals surface area contributed by atoms with Crippen molar-refractivity contribution in [3.8, 4) is 0 Å². The minimum atomic E-state index is 0.696. The van der Waals surface area contributed by atoms with Gasteiger partial charge < -0.3 is 8.97 Å². The van der Waals surface area contributed by atoms with Crippen LogP contribution in [-0.2, 0) is 20.0 Å². The molecule has 0 amide bonds. The zero-order chi connectivity index (χ0) is 16.5. The molecule has 24 heavy (non-hydrogen) atoms. The zero-order valence-electron chi connectivity index (χ0n) is 14.5. The number of imidazole rings is 2. The third-order valence-corrected chi connectivity index (χ3v) is 5.13. The van der Waals surface area contributed by atoms with Crippen LogP contribution >= 0.6 is 0 Å². The van der Waals surface area contributed by atoms with Crippen LogP contribution in [0.4, 0.5) is 0 Å². The summed E-state index contributed by atoms with van der Waals surface area (Å²) in [5.74, 6) is 1.90. The molecule has 0 aromatic carbocycles. The molecule has 0 unspecified atom stereocenters. The summed E-state index contributed by atoms with van der Waals surface area (Å²) in [5.41, 5.74) is 3.59. The molecular formula is C19H25N5. The summed E-state index contributed by atoms with van der Waals surface area (Å²) in [6.07, 6.45) is 11.7. The topological polar surface area (TPSA) is 38.4 Å². The maximum absolute atomic E-state index is 4.56. The quantitative estimate of drug-likeness (QED) is 0.741. The minimum absolute atomic E-state index is 0.696. The minimum Gasteiger partial charge on any atom is -0.338 e. The molecule has 1 fully saturated rings. The Hall–Kier alpha value is -2.14. The third-order valence-electron chi connectivity index (χ3n) is 5.13. The van der Waals surface area contributed by atoms with E-state index in [1.807, 2.05) is 18.6 Å². The molecule has 0 radical (unpaired) electrons. The van der Waals surface area contributed by atoms with Gasteiger partial charge in [0.25, 0.3) is 0 Å². The number of pyridine rings is 1. The summed E-state index contributed by atoms with van der Waals surface area (Å²) < 4.78 is 4.36. The highest BCUT2D eigenvalue weighted by Gasteiger charge is 2.22. The number of piperidine rings is 1. The van der Waals surface area contributed by atoms with Gasteiger partial charge in [-0.1, -0.05) is 0 Å². The second-order valence-electron chi connectivity index (χ2n) is 7.08. The number of hydrogen-bond donors (Lipinski definition) is 0. The van der Waals surface area contributed by atoms with Gasteiger partial charge in [0.05, 0.1) is 11.9 Å². The lowest BCUT2D eigenvalue weighted by Gasteiger charge is -2.32. The van der Waals surface area contributed by atoms with Gasteiger partial charge in [0, 0.05) is 45.1 Å². The molecule has 4 rings (SSSR count). The standard InChI is InChI=1S/C19H25N5/c1-15-5-8-24-17(12-21-19(24)10-15)14-23-7-3-4-16(13-23)11-18-20-6-9-22(18)2/h5-6,8-10,12,16H,3-4,7,11,13-14H2,1-2H3/t16-/m1/s1. The summed E-state index contributed by atoms with van der Waals surface area (Å²) in [4.78, 5) is 11.6. The van der Waals surface area contributed by atoms with Crippen LogP contribution in [0.1, 0.15) is 29.9 Å². The highest BCUT2D eigenvalue weighted by atomic mass is 15.2. The van der Waals surface area contributed by atoms with E-state index in [-0.39, 0.29) is 0 Å². The van der Waals surface area contributed by atoms with E-state index in [9.17, 15) is 0 Å². The van der Waals surface area contributed by atoms with E-state index in [4.69, 9.17) is 0 Å². The van der Waals surface area contributed by atoms with Crippen LogP contribution in [0, 0.1) is 12.8 Å². The summed E-state index contributed by atoms with van der Waals surface area (Å²) in [5, 5.41) is 0. The highest BCUT2D eigenvalue weighted by Crippen LogP contribution is 2.22. The summed E-state index contributed by atoms with van der Waals surface area (Å²) >= 11 is 0. The van der Waals surface area contributed by atoms with Crippen molar-refractivity contribution in [2.45, 2.75) is 32.7 Å². The first kappa shape index (κ1) is 15.4. The number of aromatic nitrogens is 4. The molecule has 0 spiro atoms. The van der Waals surface area contributed by atoms with Crippen molar-refractivity contribution in [2.75, 3.05) is 13.1 Å². The maximum atomic E-state index is 4.56. The predicted octanol–water partition coefficient (Wildman–Crippen LogP) is 2.83. The molecule has 1 atom stereocenters. The first-order chi connectivity index (χ1) is 11.7. The van der Waals surface area contributed by atoms with E-state index < -0.39 is 0 Å². The van der Waals surface area contributed by atoms with Crippen LogP contribution in [0.2, 0.25) is 0 Å². The van der Waals surface area contributed by atoms with Crippen LogP contribution in [0.3, 0.4) is 0 Å². The summed E-state index contributed by atoms with van der Waals surface area (Å²) in [6, 6.07) is 4.29. The summed E-state index contributed by atoms with van der Waals surface area (Å²) in [6.45, 7) is 5.41. The zero-order valence-corrected chi connectivity index (χ0v) is 14.5. The van der Waals surface area contributed by atoms with Crippen molar-refractivity contribution in [3.05, 3.63) is 54.0 Å². The lowest BCUT2D eigenvalue weighted by Crippen LogP contribution is -2.36. The molecule has 0 N–H and O–H groups in total. The first-order valence-electron chi connectivity index (χ1n) is 8.80. The first-order valence-corrected chi connectivity index (χ1v) is 8.80. The molecule has 5 heteroatoms. The normalized spacial score (nSPS) is 19.2. The molecule has 1 aliphatic heterocycles. The van der Waals surface area contributed by atoms with Gasteiger partial charge >= 0.3 is 0 Å². The lowest BCUT2D eigenvalue weighted by atomic mass is 9.94. The maximum Gasteiger partial charge on any atom is 0.137 e. The van der Waals surface area contributed by atoms with E-state index in [1.165, 1.54) is 36.5 Å². The van der Waals surface area contributed by atoms with Crippen molar-refractivity contribution in [2.24, 2.45) is 13.0 Å². The monoisotopic (exact) mass is 323 g/mol. The van der Waals surface area contributed by atoms with Crippen LogP contribution in [0.5, 0.6) is 0 Å². The molecule has 3 aromatic rings. The molecule has 126 valence electrons. The second kappa shape index (κ2) is 6.40. The Kier molecular flexibility index (Phi) is 4.10. The molecule has 4 heterocycles. The van der Waals surface area contributed by atoms with Crippen molar-refractivity contribution in [1.29, 1.82) is 0 Å². The second-order valence-corrected chi connectivity index (χ2v) is 7.08. The molecule has 1 saturated heterocycles. The molecule has 3 aromatic heterocycles. The predicted molar refractivity (Wildman–Crippen MR) is 94.8 cm³/mol. The number of aryl methyl sites for hydroxylation is 2. The number of fused-ring (bicyclic) bond motifs is 1. The van der Waals surface area contributed by atoms with E-state index >= 15 is 0 Å². The number of likely N-dealkylation sites (tertiary alicyclic amines) is 1. The van der Waals surface area contributed by atoms with Gasteiger partial charge in [0.2, 0.25) is 0 Å². The Bertz CT molecular complexity index is 831. The van der Waals surface area contributed by atoms with E-state index in [2.05, 4.69) is 56.1 Å². The fraction of sp³-hybridized carbons (Fsp3) is 0.474. The van der Waals surface area contributed by atoms with Gasteiger partial charge in [-0.15, -0.1) is 0 Å². The molecule has 0 bridgehead atoms. The largest absolute Gasteiger partial charge is 0.338 e. The van der Waals surface area contributed by atoms with Gasteiger partial charge in [-0.05, 0) is 49.9 Å². The van der Waals surface area contributed by atoms with Gasteiger partial charge in [-0.3, -0.25) is 4.90 Å². The number of nitrogens with zero attached hydrogens (tertiary/aromatic N) is 5. The average molecular weight is 323 g/mol. The Balaban J connectivity index is 1.45. The van der Waals surface area contributed by atoms with Crippen LogP contribution in [-0.4, -0.2) is 36.9 Å². The molecule has 0 aliphatic carbocycles. The van der Waals surface area contributed by atoms with E-state index in [0.29, 0.717) is 5.92 Å². The van der Waals surface area contributed by atoms with Crippen LogP contribution in [0.15, 0.2) is 36.9 Å². The lowest BCUT2D eigenvalue weighted by molar-refractivity contribution is 0.163. The Morgan fingerprint density at radius 1 is 1.25 bits per heavy atom.